The van der Waals surface area contributed by atoms with E-state index in [-0.39, 0.29) is 24.6 Å². The highest BCUT2D eigenvalue weighted by Crippen LogP contribution is 2.37. The lowest BCUT2D eigenvalue weighted by atomic mass is 9.85. The molecule has 164 valence electrons. The highest BCUT2D eigenvalue weighted by atomic mass is 35.5. The molecule has 31 heavy (non-hydrogen) atoms. The number of hydrogen-bond donors (Lipinski definition) is 3. The van der Waals surface area contributed by atoms with Gasteiger partial charge in [0.05, 0.1) is 12.3 Å². The molecule has 0 radical (unpaired) electrons. The average Bonchev–Trinajstić information content (AvgIpc) is 3.16. The number of nitrogens with zero attached hydrogens (tertiary/aromatic N) is 1. The quantitative estimate of drug-likeness (QED) is 0.603. The second-order valence-electron chi connectivity index (χ2n) is 7.83. The molecule has 9 heteroatoms. The summed E-state index contributed by atoms with van der Waals surface area (Å²) in [6.45, 7) is 4.10. The Morgan fingerprint density at radius 2 is 2.13 bits per heavy atom. The van der Waals surface area contributed by atoms with Crippen molar-refractivity contribution in [3.63, 3.8) is 0 Å². The lowest BCUT2D eigenvalue weighted by Gasteiger charge is -2.29. The third kappa shape index (κ3) is 4.91. The molecule has 2 aromatic rings. The molecule has 2 heterocycles. The summed E-state index contributed by atoms with van der Waals surface area (Å²) < 4.78 is 11.2. The molecule has 0 unspecified atom stereocenters. The number of carbonyl (C=O) groups excluding carboxylic acids is 2. The number of fused-ring (bicyclic) bond motifs is 1. The smallest absolute Gasteiger partial charge is 0.288 e. The number of aromatic nitrogens is 1. The first-order valence-corrected chi connectivity index (χ1v) is 10.6. The van der Waals surface area contributed by atoms with Crippen LogP contribution in [0.5, 0.6) is 5.75 Å². The Hall–Kier alpha value is -2.84. The Labute approximate surface area is 184 Å². The van der Waals surface area contributed by atoms with E-state index in [2.05, 4.69) is 22.2 Å². The normalized spacial score (nSPS) is 20.2. The number of ether oxygens (including phenoxy) is 1. The molecule has 1 aliphatic carbocycles. The summed E-state index contributed by atoms with van der Waals surface area (Å²) in [4.78, 5) is 28.9. The highest BCUT2D eigenvalue weighted by Gasteiger charge is 2.32. The van der Waals surface area contributed by atoms with Gasteiger partial charge in [0.2, 0.25) is 5.76 Å². The molecule has 3 N–H and O–H groups in total. The summed E-state index contributed by atoms with van der Waals surface area (Å²) in [7, 11) is 0. The van der Waals surface area contributed by atoms with Crippen LogP contribution in [0.4, 0.5) is 0 Å². The van der Waals surface area contributed by atoms with E-state index in [1.54, 1.807) is 18.2 Å². The molecule has 0 bridgehead atoms. The minimum Gasteiger partial charge on any atom is -0.480 e. The first kappa shape index (κ1) is 21.4. The molecule has 0 spiro atoms. The zero-order valence-electron chi connectivity index (χ0n) is 16.9. The van der Waals surface area contributed by atoms with Crippen molar-refractivity contribution in [2.24, 2.45) is 0 Å². The summed E-state index contributed by atoms with van der Waals surface area (Å²) in [5.41, 5.74) is 0.990. The number of benzene rings is 1. The first-order chi connectivity index (χ1) is 14.9. The van der Waals surface area contributed by atoms with E-state index >= 15 is 0 Å². The third-order valence-corrected chi connectivity index (χ3v) is 5.78. The molecule has 1 aromatic heterocycles. The van der Waals surface area contributed by atoms with Crippen molar-refractivity contribution >= 4 is 23.4 Å². The number of halogens is 1. The zero-order valence-corrected chi connectivity index (χ0v) is 17.7. The lowest BCUT2D eigenvalue weighted by Crippen LogP contribution is -2.41. The topological polar surface area (TPSA) is 114 Å². The minimum absolute atomic E-state index is 0.109. The van der Waals surface area contributed by atoms with Crippen LogP contribution in [0.3, 0.4) is 0 Å². The maximum absolute atomic E-state index is 12.5. The maximum atomic E-state index is 12.5. The molecule has 2 atom stereocenters. The van der Waals surface area contributed by atoms with Crippen LogP contribution in [0.25, 0.3) is 0 Å². The summed E-state index contributed by atoms with van der Waals surface area (Å²) in [6.07, 6.45) is 3.43. The third-order valence-electron chi connectivity index (χ3n) is 5.54. The summed E-state index contributed by atoms with van der Waals surface area (Å²) in [5, 5.41) is 16.2. The fourth-order valence-electron chi connectivity index (χ4n) is 3.55. The van der Waals surface area contributed by atoms with E-state index in [1.807, 2.05) is 0 Å². The first-order valence-electron chi connectivity index (χ1n) is 10.3. The summed E-state index contributed by atoms with van der Waals surface area (Å²) in [6, 6.07) is 4.89. The summed E-state index contributed by atoms with van der Waals surface area (Å²) in [5.74, 6) is 0.782. The number of rotatable bonds is 7. The number of aliphatic hydroxyl groups excluding tert-OH is 1. The minimum atomic E-state index is -0.853. The number of carbonyl (C=O) groups is 2. The Bertz CT molecular complexity index is 1000. The van der Waals surface area contributed by atoms with Crippen molar-refractivity contribution in [1.29, 1.82) is 0 Å². The Morgan fingerprint density at radius 3 is 2.87 bits per heavy atom. The van der Waals surface area contributed by atoms with Gasteiger partial charge in [0, 0.05) is 41.6 Å². The molecular weight excluding hydrogens is 422 g/mol. The Balaban J connectivity index is 1.22. The fourth-order valence-corrected chi connectivity index (χ4v) is 3.73. The molecule has 8 nitrogen and oxygen atoms in total. The molecule has 1 fully saturated rings. The van der Waals surface area contributed by atoms with Crippen molar-refractivity contribution in [2.75, 3.05) is 6.54 Å². The van der Waals surface area contributed by atoms with Gasteiger partial charge < -0.3 is 24.9 Å². The average molecular weight is 446 g/mol. The van der Waals surface area contributed by atoms with Crippen LogP contribution < -0.4 is 15.4 Å². The zero-order chi connectivity index (χ0) is 22.0. The molecule has 0 saturated heterocycles. The Morgan fingerprint density at radius 1 is 1.32 bits per heavy atom. The fraction of sp³-hybridized carbons (Fsp3) is 0.409. The van der Waals surface area contributed by atoms with Gasteiger partial charge in [-0.1, -0.05) is 24.6 Å². The van der Waals surface area contributed by atoms with Gasteiger partial charge in [0.25, 0.3) is 11.8 Å². The number of hydrogen-bond acceptors (Lipinski definition) is 6. The second-order valence-corrected chi connectivity index (χ2v) is 8.27. The van der Waals surface area contributed by atoms with Crippen molar-refractivity contribution in [2.45, 2.75) is 50.2 Å². The number of amides is 2. The summed E-state index contributed by atoms with van der Waals surface area (Å²) >= 11 is 5.95. The van der Waals surface area contributed by atoms with E-state index in [4.69, 9.17) is 20.8 Å². The van der Waals surface area contributed by atoms with E-state index in [0.717, 1.165) is 19.3 Å². The SMILES string of the molecule is C=C(CCNC(=O)c1cnc(C2CCC2)o1)NC(=O)[C@H]1C[C@@H](O)c2cc(Cl)ccc2O1. The van der Waals surface area contributed by atoms with Gasteiger partial charge in [0.1, 0.15) is 5.75 Å². The van der Waals surface area contributed by atoms with Crippen LogP contribution in [0.15, 0.2) is 41.1 Å². The van der Waals surface area contributed by atoms with Crippen LogP contribution >= 0.6 is 11.6 Å². The number of nitrogens with one attached hydrogen (secondary N) is 2. The maximum Gasteiger partial charge on any atom is 0.288 e. The van der Waals surface area contributed by atoms with E-state index in [0.29, 0.717) is 40.3 Å². The van der Waals surface area contributed by atoms with Crippen LogP contribution in [0, 0.1) is 0 Å². The monoisotopic (exact) mass is 445 g/mol. The van der Waals surface area contributed by atoms with Gasteiger partial charge in [0.15, 0.2) is 12.0 Å². The molecular formula is C22H24ClN3O5. The van der Waals surface area contributed by atoms with Gasteiger partial charge in [-0.3, -0.25) is 9.59 Å². The Kier molecular flexibility index (Phi) is 6.29. The van der Waals surface area contributed by atoms with E-state index < -0.39 is 18.1 Å². The van der Waals surface area contributed by atoms with Crippen LogP contribution in [0.2, 0.25) is 5.02 Å². The number of oxazole rings is 1. The molecule has 2 amide bonds. The largest absolute Gasteiger partial charge is 0.480 e. The van der Waals surface area contributed by atoms with E-state index in [9.17, 15) is 14.7 Å². The van der Waals surface area contributed by atoms with Crippen molar-refractivity contribution < 1.29 is 23.8 Å². The lowest BCUT2D eigenvalue weighted by molar-refractivity contribution is -0.129. The predicted molar refractivity (Wildman–Crippen MR) is 113 cm³/mol. The van der Waals surface area contributed by atoms with Crippen molar-refractivity contribution in [1.82, 2.24) is 15.6 Å². The van der Waals surface area contributed by atoms with Crippen LogP contribution in [0.1, 0.15) is 66.1 Å². The molecule has 1 aromatic carbocycles. The van der Waals surface area contributed by atoms with Crippen molar-refractivity contribution in [3.8, 4) is 5.75 Å². The van der Waals surface area contributed by atoms with E-state index in [1.165, 1.54) is 6.20 Å². The molecule has 1 saturated carbocycles. The van der Waals surface area contributed by atoms with Gasteiger partial charge in [-0.05, 0) is 31.0 Å². The van der Waals surface area contributed by atoms with Crippen molar-refractivity contribution in [3.05, 3.63) is 58.9 Å². The predicted octanol–water partition coefficient (Wildman–Crippen LogP) is 3.23. The van der Waals surface area contributed by atoms with Gasteiger partial charge in [-0.15, -0.1) is 0 Å². The van der Waals surface area contributed by atoms with Gasteiger partial charge in [-0.2, -0.15) is 0 Å². The van der Waals surface area contributed by atoms with Gasteiger partial charge >= 0.3 is 0 Å². The molecule has 1 aliphatic heterocycles. The molecule has 4 rings (SSSR count). The molecule has 2 aliphatic rings. The standard InChI is InChI=1S/C22H24ClN3O5/c1-12(7-8-24-20(28)19-11-25-22(31-19)13-3-2-4-13)26-21(29)18-10-16(27)15-9-14(23)5-6-17(15)30-18/h5-6,9,11,13,16,18,27H,1-4,7-8,10H2,(H,24,28)(H,26,29)/t16-,18-/m1/s1. The second kappa shape index (κ2) is 9.11. The van der Waals surface area contributed by atoms with Crippen LogP contribution in [-0.2, 0) is 4.79 Å². The highest BCUT2D eigenvalue weighted by molar-refractivity contribution is 6.30. The van der Waals surface area contributed by atoms with Crippen LogP contribution in [-0.4, -0.2) is 34.6 Å². The van der Waals surface area contributed by atoms with Gasteiger partial charge in [-0.25, -0.2) is 4.98 Å². The number of aliphatic hydroxyl groups is 1.